The van der Waals surface area contributed by atoms with E-state index in [9.17, 15) is 18.8 Å². The van der Waals surface area contributed by atoms with Gasteiger partial charge in [0, 0.05) is 16.2 Å². The summed E-state index contributed by atoms with van der Waals surface area (Å²) >= 11 is 2.69. The largest absolute Gasteiger partial charge is 0.496 e. The number of allylic oxidation sites excluding steroid dienone is 1. The van der Waals surface area contributed by atoms with E-state index >= 15 is 0 Å². The Morgan fingerprint density at radius 3 is 2.73 bits per heavy atom. The number of benzene rings is 1. The number of aromatic nitrogens is 1. The van der Waals surface area contributed by atoms with Crippen LogP contribution in [0.2, 0.25) is 0 Å². The number of aryl methyl sites for hydroxylation is 2. The third kappa shape index (κ3) is 6.06. The van der Waals surface area contributed by atoms with Crippen molar-refractivity contribution in [3.05, 3.63) is 80.2 Å². The maximum Gasteiger partial charge on any atom is 0.280 e. The van der Waals surface area contributed by atoms with Gasteiger partial charge in [0.05, 0.1) is 17.6 Å². The smallest absolute Gasteiger partial charge is 0.280 e. The number of alkyl halides is 2. The van der Waals surface area contributed by atoms with Gasteiger partial charge in [-0.05, 0) is 60.9 Å². The predicted octanol–water partition coefficient (Wildman–Crippen LogP) is 7.02. The summed E-state index contributed by atoms with van der Waals surface area (Å²) in [6.07, 6.45) is 1.45. The molecule has 0 fully saturated rings. The number of thioether (sulfide) groups is 1. The van der Waals surface area contributed by atoms with E-state index in [4.69, 9.17) is 4.74 Å². The number of hydrogen-bond donors (Lipinski definition) is 0. The molecule has 3 aromatic rings. The zero-order valence-corrected chi connectivity index (χ0v) is 20.0. The van der Waals surface area contributed by atoms with Gasteiger partial charge in [0.25, 0.3) is 6.43 Å². The van der Waals surface area contributed by atoms with Crippen LogP contribution in [0.25, 0.3) is 6.08 Å². The lowest BCUT2D eigenvalue weighted by Gasteiger charge is -2.12. The lowest BCUT2D eigenvalue weighted by atomic mass is 10.1. The zero-order chi connectivity index (χ0) is 24.0. The van der Waals surface area contributed by atoms with Gasteiger partial charge in [-0.3, -0.25) is 4.79 Å². The van der Waals surface area contributed by atoms with Crippen LogP contribution >= 0.6 is 23.1 Å². The Morgan fingerprint density at radius 1 is 1.30 bits per heavy atom. The number of halogens is 2. The number of carbonyl (C=O) groups excluding carboxylic acids is 1. The Kier molecular flexibility index (Phi) is 8.37. The van der Waals surface area contributed by atoms with E-state index in [2.05, 4.69) is 11.1 Å². The average molecular weight is 485 g/mol. The second kappa shape index (κ2) is 11.2. The maximum absolute atomic E-state index is 13.2. The van der Waals surface area contributed by atoms with Crippen molar-refractivity contribution in [3.63, 3.8) is 0 Å². The summed E-state index contributed by atoms with van der Waals surface area (Å²) in [7, 11) is 1.55. The fourth-order valence-electron chi connectivity index (χ4n) is 3.14. The highest BCUT2D eigenvalue weighted by molar-refractivity contribution is 7.98. The summed E-state index contributed by atoms with van der Waals surface area (Å²) in [6.45, 7) is 3.67. The van der Waals surface area contributed by atoms with Crippen LogP contribution in [0.15, 0.2) is 47.5 Å². The number of methoxy groups -OCH3 is 1. The summed E-state index contributed by atoms with van der Waals surface area (Å²) in [5.41, 5.74) is 2.00. The van der Waals surface area contributed by atoms with Crippen LogP contribution in [0.4, 0.5) is 8.78 Å². The second-order valence-corrected chi connectivity index (χ2v) is 9.27. The first kappa shape index (κ1) is 24.6. The molecule has 0 bridgehead atoms. The standard InChI is InChI=1S/C25H22F2N2O2S2/c1-4-18-7-10-23(33-18)21(30)8-5-16-6-9-22(31-3)17(12-16)14-32-25-19(13-28)15(2)11-20(29-25)24(26)27/h5-12,24H,4,14H2,1-3H3/b8-5+. The molecule has 0 aliphatic heterocycles. The number of pyridine rings is 1. The van der Waals surface area contributed by atoms with Crippen LogP contribution in [0.5, 0.6) is 5.75 Å². The highest BCUT2D eigenvalue weighted by Gasteiger charge is 2.17. The molecule has 0 aliphatic carbocycles. The van der Waals surface area contributed by atoms with Crippen molar-refractivity contribution < 1.29 is 18.3 Å². The molecule has 0 saturated heterocycles. The fraction of sp³-hybridized carbons (Fsp3) is 0.240. The van der Waals surface area contributed by atoms with Gasteiger partial charge in [-0.25, -0.2) is 13.8 Å². The SMILES string of the molecule is CCc1ccc(C(=O)/C=C/c2ccc(OC)c(CSc3nc(C(F)F)cc(C)c3C#N)c2)s1. The Labute approximate surface area is 199 Å². The number of nitrogens with zero attached hydrogens (tertiary/aromatic N) is 2. The third-order valence-electron chi connectivity index (χ3n) is 4.89. The molecule has 0 aliphatic rings. The van der Waals surface area contributed by atoms with Crippen LogP contribution in [0.1, 0.15) is 55.8 Å². The molecule has 0 radical (unpaired) electrons. The lowest BCUT2D eigenvalue weighted by molar-refractivity contribution is 0.105. The Bertz CT molecular complexity index is 1230. The summed E-state index contributed by atoms with van der Waals surface area (Å²) in [5, 5.41) is 9.71. The number of ether oxygens (including phenoxy) is 1. The molecule has 0 spiro atoms. The molecule has 0 saturated carbocycles. The molecule has 3 rings (SSSR count). The lowest BCUT2D eigenvalue weighted by Crippen LogP contribution is -1.99. The molecule has 8 heteroatoms. The summed E-state index contributed by atoms with van der Waals surface area (Å²) < 4.78 is 31.8. The van der Waals surface area contributed by atoms with E-state index in [0.717, 1.165) is 22.4 Å². The highest BCUT2D eigenvalue weighted by atomic mass is 32.2. The maximum atomic E-state index is 13.2. The van der Waals surface area contributed by atoms with Crippen LogP contribution in [0.3, 0.4) is 0 Å². The summed E-state index contributed by atoms with van der Waals surface area (Å²) in [6, 6.07) is 12.6. The molecule has 4 nitrogen and oxygen atoms in total. The molecular weight excluding hydrogens is 462 g/mol. The number of carbonyl (C=O) groups is 1. The number of nitriles is 1. The Morgan fingerprint density at radius 2 is 2.09 bits per heavy atom. The fourth-order valence-corrected chi connectivity index (χ4v) is 5.04. The van der Waals surface area contributed by atoms with Crippen molar-refractivity contribution >= 4 is 35.0 Å². The van der Waals surface area contributed by atoms with Crippen LogP contribution in [-0.2, 0) is 12.2 Å². The van der Waals surface area contributed by atoms with E-state index in [1.165, 1.54) is 35.2 Å². The molecule has 0 amide bonds. The summed E-state index contributed by atoms with van der Waals surface area (Å²) in [5.74, 6) is 0.919. The van der Waals surface area contributed by atoms with Gasteiger partial charge in [0.1, 0.15) is 22.5 Å². The van der Waals surface area contributed by atoms with Gasteiger partial charge in [-0.2, -0.15) is 5.26 Å². The van der Waals surface area contributed by atoms with Crippen molar-refractivity contribution in [1.29, 1.82) is 5.26 Å². The monoisotopic (exact) mass is 484 g/mol. The van der Waals surface area contributed by atoms with Gasteiger partial charge in [-0.15, -0.1) is 23.1 Å². The molecule has 2 aromatic heterocycles. The minimum atomic E-state index is -2.71. The van der Waals surface area contributed by atoms with Crippen LogP contribution in [0, 0.1) is 18.3 Å². The van der Waals surface area contributed by atoms with Crippen LogP contribution < -0.4 is 4.74 Å². The van der Waals surface area contributed by atoms with Crippen molar-refractivity contribution in [2.24, 2.45) is 0 Å². The topological polar surface area (TPSA) is 63.0 Å². The third-order valence-corrected chi connectivity index (χ3v) is 7.16. The number of hydrogen-bond acceptors (Lipinski definition) is 6. The second-order valence-electron chi connectivity index (χ2n) is 7.13. The quantitative estimate of drug-likeness (QED) is 0.185. The molecule has 33 heavy (non-hydrogen) atoms. The summed E-state index contributed by atoms with van der Waals surface area (Å²) in [4.78, 5) is 18.3. The van der Waals surface area contributed by atoms with E-state index < -0.39 is 6.43 Å². The first-order chi connectivity index (χ1) is 15.9. The van der Waals surface area contributed by atoms with Crippen molar-refractivity contribution in [1.82, 2.24) is 4.98 Å². The number of rotatable bonds is 9. The first-order valence-corrected chi connectivity index (χ1v) is 12.0. The molecule has 2 heterocycles. The van der Waals surface area contributed by atoms with Gasteiger partial charge >= 0.3 is 0 Å². The van der Waals surface area contributed by atoms with E-state index in [1.807, 2.05) is 31.2 Å². The van der Waals surface area contributed by atoms with Gasteiger partial charge < -0.3 is 4.74 Å². The zero-order valence-electron chi connectivity index (χ0n) is 18.4. The molecule has 1 aromatic carbocycles. The Hall–Kier alpha value is -3.02. The van der Waals surface area contributed by atoms with Gasteiger partial charge in [0.15, 0.2) is 5.78 Å². The molecule has 0 atom stereocenters. The number of thiophene rings is 1. The molecular formula is C25H22F2N2O2S2. The van der Waals surface area contributed by atoms with E-state index in [-0.39, 0.29) is 22.1 Å². The highest BCUT2D eigenvalue weighted by Crippen LogP contribution is 2.32. The first-order valence-electron chi connectivity index (χ1n) is 10.2. The molecule has 170 valence electrons. The number of ketones is 1. The predicted molar refractivity (Wildman–Crippen MR) is 128 cm³/mol. The van der Waals surface area contributed by atoms with E-state index in [0.29, 0.717) is 21.9 Å². The minimum absolute atomic E-state index is 0.0615. The van der Waals surface area contributed by atoms with Gasteiger partial charge in [0.2, 0.25) is 0 Å². The molecule has 0 N–H and O–H groups in total. The Balaban J connectivity index is 1.82. The van der Waals surface area contributed by atoms with Crippen molar-refractivity contribution in [2.45, 2.75) is 37.5 Å². The van der Waals surface area contributed by atoms with Crippen LogP contribution in [-0.4, -0.2) is 17.9 Å². The average Bonchev–Trinajstić information content (AvgIpc) is 3.30. The van der Waals surface area contributed by atoms with Gasteiger partial charge in [-0.1, -0.05) is 19.1 Å². The van der Waals surface area contributed by atoms with Crippen molar-refractivity contribution in [3.8, 4) is 11.8 Å². The van der Waals surface area contributed by atoms with Crippen molar-refractivity contribution in [2.75, 3.05) is 7.11 Å². The van der Waals surface area contributed by atoms with E-state index in [1.54, 1.807) is 26.2 Å². The normalized spacial score (nSPS) is 11.2. The molecule has 0 unspecified atom stereocenters. The minimum Gasteiger partial charge on any atom is -0.496 e.